The van der Waals surface area contributed by atoms with Crippen LogP contribution in [0.25, 0.3) is 0 Å². The third kappa shape index (κ3) is 4.82. The van der Waals surface area contributed by atoms with Crippen LogP contribution in [0.5, 0.6) is 0 Å². The van der Waals surface area contributed by atoms with Crippen LogP contribution in [0.4, 0.5) is 0 Å². The Hall–Kier alpha value is -1.40. The van der Waals surface area contributed by atoms with E-state index in [1.54, 1.807) is 12.1 Å². The van der Waals surface area contributed by atoms with Crippen molar-refractivity contribution in [3.05, 3.63) is 29.8 Å². The van der Waals surface area contributed by atoms with Crippen LogP contribution in [0, 0.1) is 12.8 Å². The molecule has 1 fully saturated rings. The molecule has 0 aliphatic carbocycles. The Kier molecular flexibility index (Phi) is 7.02. The molecular formula is C19H30N2O3S. The van der Waals surface area contributed by atoms with E-state index in [0.29, 0.717) is 30.8 Å². The van der Waals surface area contributed by atoms with E-state index in [4.69, 9.17) is 0 Å². The standard InChI is InChI=1S/C19H30N2O3S/c1-4-6-13-20(5-2)19(22)17-11-14-21(15-12-17)25(23,24)18-9-7-16(3)8-10-18/h7-10,17H,4-6,11-15H2,1-3H3. The van der Waals surface area contributed by atoms with Crippen LogP contribution in [0.1, 0.15) is 45.1 Å². The smallest absolute Gasteiger partial charge is 0.243 e. The van der Waals surface area contributed by atoms with Crippen LogP contribution in [-0.2, 0) is 14.8 Å². The average molecular weight is 367 g/mol. The second-order valence-electron chi connectivity index (χ2n) is 6.76. The first kappa shape index (κ1) is 19.9. The number of benzene rings is 1. The molecule has 1 aromatic carbocycles. The SMILES string of the molecule is CCCCN(CC)C(=O)C1CCN(S(=O)(=O)c2ccc(C)cc2)CC1. The largest absolute Gasteiger partial charge is 0.343 e. The van der Waals surface area contributed by atoms with Gasteiger partial charge in [-0.2, -0.15) is 4.31 Å². The minimum Gasteiger partial charge on any atom is -0.343 e. The zero-order valence-electron chi connectivity index (χ0n) is 15.6. The van der Waals surface area contributed by atoms with E-state index in [1.165, 1.54) is 4.31 Å². The highest BCUT2D eigenvalue weighted by molar-refractivity contribution is 7.89. The summed E-state index contributed by atoms with van der Waals surface area (Å²) in [6, 6.07) is 6.95. The lowest BCUT2D eigenvalue weighted by Gasteiger charge is -2.33. The Balaban J connectivity index is 1.98. The van der Waals surface area contributed by atoms with Crippen molar-refractivity contribution < 1.29 is 13.2 Å². The van der Waals surface area contributed by atoms with Crippen molar-refractivity contribution in [2.45, 2.75) is 51.3 Å². The molecule has 0 spiro atoms. The summed E-state index contributed by atoms with van der Waals surface area (Å²) in [7, 11) is -3.46. The third-order valence-electron chi connectivity index (χ3n) is 4.94. The van der Waals surface area contributed by atoms with E-state index in [2.05, 4.69) is 6.92 Å². The Morgan fingerprint density at radius 3 is 2.28 bits per heavy atom. The van der Waals surface area contributed by atoms with Crippen LogP contribution in [-0.4, -0.2) is 49.7 Å². The molecule has 0 aromatic heterocycles. The fourth-order valence-corrected chi connectivity index (χ4v) is 4.70. The van der Waals surface area contributed by atoms with Crippen LogP contribution >= 0.6 is 0 Å². The second-order valence-corrected chi connectivity index (χ2v) is 8.70. The number of nitrogens with zero attached hydrogens (tertiary/aromatic N) is 2. The van der Waals surface area contributed by atoms with Gasteiger partial charge in [-0.05, 0) is 45.2 Å². The van der Waals surface area contributed by atoms with E-state index >= 15 is 0 Å². The molecule has 25 heavy (non-hydrogen) atoms. The lowest BCUT2D eigenvalue weighted by atomic mass is 9.96. The predicted octanol–water partition coefficient (Wildman–Crippen LogP) is 3.04. The number of sulfonamides is 1. The van der Waals surface area contributed by atoms with Crippen molar-refractivity contribution in [1.29, 1.82) is 0 Å². The molecule has 1 saturated heterocycles. The zero-order chi connectivity index (χ0) is 18.4. The van der Waals surface area contributed by atoms with Gasteiger partial charge in [-0.3, -0.25) is 4.79 Å². The highest BCUT2D eigenvalue weighted by Crippen LogP contribution is 2.25. The molecule has 0 N–H and O–H groups in total. The Morgan fingerprint density at radius 2 is 1.76 bits per heavy atom. The van der Waals surface area contributed by atoms with E-state index in [1.807, 2.05) is 30.9 Å². The maximum absolute atomic E-state index is 12.7. The number of piperidine rings is 1. The summed E-state index contributed by atoms with van der Waals surface area (Å²) in [6.45, 7) is 8.41. The van der Waals surface area contributed by atoms with Gasteiger partial charge in [-0.15, -0.1) is 0 Å². The van der Waals surface area contributed by atoms with Crippen LogP contribution in [0.15, 0.2) is 29.2 Å². The van der Waals surface area contributed by atoms with Crippen molar-refractivity contribution in [3.8, 4) is 0 Å². The molecule has 0 saturated carbocycles. The Labute approximate surface area is 152 Å². The Bertz CT molecular complexity index is 662. The summed E-state index contributed by atoms with van der Waals surface area (Å²) in [4.78, 5) is 14.9. The van der Waals surface area contributed by atoms with Gasteiger partial charge in [0.1, 0.15) is 0 Å². The maximum Gasteiger partial charge on any atom is 0.243 e. The van der Waals surface area contributed by atoms with Crippen molar-refractivity contribution in [1.82, 2.24) is 9.21 Å². The molecule has 1 aliphatic rings. The van der Waals surface area contributed by atoms with Gasteiger partial charge < -0.3 is 4.90 Å². The normalized spacial score (nSPS) is 16.8. The minimum absolute atomic E-state index is 0.0544. The second kappa shape index (κ2) is 8.81. The molecule has 0 bridgehead atoms. The van der Waals surface area contributed by atoms with Gasteiger partial charge in [0.05, 0.1) is 4.90 Å². The van der Waals surface area contributed by atoms with E-state index in [-0.39, 0.29) is 11.8 Å². The molecule has 1 aliphatic heterocycles. The van der Waals surface area contributed by atoms with Crippen LogP contribution in [0.2, 0.25) is 0 Å². The highest BCUT2D eigenvalue weighted by atomic mass is 32.2. The predicted molar refractivity (Wildman–Crippen MR) is 99.8 cm³/mol. The minimum atomic E-state index is -3.46. The van der Waals surface area contributed by atoms with E-state index < -0.39 is 10.0 Å². The van der Waals surface area contributed by atoms with Crippen molar-refractivity contribution in [2.24, 2.45) is 5.92 Å². The molecule has 0 radical (unpaired) electrons. The number of carbonyl (C=O) groups is 1. The molecule has 2 rings (SSSR count). The summed E-state index contributed by atoms with van der Waals surface area (Å²) in [5, 5.41) is 0. The van der Waals surface area contributed by atoms with Gasteiger partial charge in [0.15, 0.2) is 0 Å². The summed E-state index contributed by atoms with van der Waals surface area (Å²) in [5.74, 6) is 0.129. The van der Waals surface area contributed by atoms with Crippen molar-refractivity contribution in [2.75, 3.05) is 26.2 Å². The third-order valence-corrected chi connectivity index (χ3v) is 6.85. The molecular weight excluding hydrogens is 336 g/mol. The number of aryl methyl sites for hydroxylation is 1. The van der Waals surface area contributed by atoms with Crippen molar-refractivity contribution in [3.63, 3.8) is 0 Å². The monoisotopic (exact) mass is 366 g/mol. The van der Waals surface area contributed by atoms with Gasteiger partial charge in [-0.1, -0.05) is 31.0 Å². The first-order valence-corrected chi connectivity index (χ1v) is 10.7. The molecule has 1 amide bonds. The number of carbonyl (C=O) groups excluding carboxylic acids is 1. The summed E-state index contributed by atoms with van der Waals surface area (Å²) >= 11 is 0. The highest BCUT2D eigenvalue weighted by Gasteiger charge is 2.33. The fraction of sp³-hybridized carbons (Fsp3) is 0.632. The van der Waals surface area contributed by atoms with Gasteiger partial charge in [0.2, 0.25) is 15.9 Å². The maximum atomic E-state index is 12.7. The molecule has 1 heterocycles. The average Bonchev–Trinajstić information content (AvgIpc) is 2.62. The number of hydrogen-bond donors (Lipinski definition) is 0. The van der Waals surface area contributed by atoms with Crippen LogP contribution in [0.3, 0.4) is 0 Å². The van der Waals surface area contributed by atoms with Crippen LogP contribution < -0.4 is 0 Å². The van der Waals surface area contributed by atoms with Crippen molar-refractivity contribution >= 4 is 15.9 Å². The number of amides is 1. The van der Waals surface area contributed by atoms with E-state index in [9.17, 15) is 13.2 Å². The molecule has 140 valence electrons. The summed E-state index contributed by atoms with van der Waals surface area (Å²) in [6.07, 6.45) is 3.29. The summed E-state index contributed by atoms with van der Waals surface area (Å²) in [5.41, 5.74) is 1.04. The van der Waals surface area contributed by atoms with Gasteiger partial charge in [-0.25, -0.2) is 8.42 Å². The number of rotatable bonds is 7. The van der Waals surface area contributed by atoms with Gasteiger partial charge >= 0.3 is 0 Å². The molecule has 5 nitrogen and oxygen atoms in total. The number of hydrogen-bond acceptors (Lipinski definition) is 3. The van der Waals surface area contributed by atoms with E-state index in [0.717, 1.165) is 31.5 Å². The molecule has 0 atom stereocenters. The Morgan fingerprint density at radius 1 is 1.16 bits per heavy atom. The lowest BCUT2D eigenvalue weighted by molar-refractivity contribution is -0.136. The fourth-order valence-electron chi connectivity index (χ4n) is 3.23. The zero-order valence-corrected chi connectivity index (χ0v) is 16.4. The molecule has 6 heteroatoms. The first-order valence-electron chi connectivity index (χ1n) is 9.25. The topological polar surface area (TPSA) is 57.7 Å². The first-order chi connectivity index (χ1) is 11.9. The van der Waals surface area contributed by atoms with Gasteiger partial charge in [0.25, 0.3) is 0 Å². The van der Waals surface area contributed by atoms with Gasteiger partial charge in [0, 0.05) is 32.1 Å². The molecule has 0 unspecified atom stereocenters. The summed E-state index contributed by atoms with van der Waals surface area (Å²) < 4.78 is 27.0. The number of unbranched alkanes of at least 4 members (excludes halogenated alkanes) is 1. The molecule has 1 aromatic rings. The quantitative estimate of drug-likeness (QED) is 0.745. The lowest BCUT2D eigenvalue weighted by Crippen LogP contribution is -2.44.